The van der Waals surface area contributed by atoms with Crippen LogP contribution in [0, 0.1) is 5.92 Å². The van der Waals surface area contributed by atoms with E-state index in [-0.39, 0.29) is 11.5 Å². The van der Waals surface area contributed by atoms with Gasteiger partial charge >= 0.3 is 5.97 Å². The predicted molar refractivity (Wildman–Crippen MR) is 76.3 cm³/mol. The number of aliphatic carboxylic acids is 1. The van der Waals surface area contributed by atoms with E-state index in [9.17, 15) is 9.59 Å². The molecule has 0 saturated heterocycles. The van der Waals surface area contributed by atoms with Crippen LogP contribution in [0.3, 0.4) is 0 Å². The fourth-order valence-electron chi connectivity index (χ4n) is 1.69. The van der Waals surface area contributed by atoms with E-state index in [4.69, 9.17) is 21.4 Å². The maximum atomic E-state index is 12.2. The van der Waals surface area contributed by atoms with Crippen molar-refractivity contribution in [3.8, 4) is 5.75 Å². The molecule has 0 fully saturated rings. The molecule has 1 rings (SSSR count). The molecule has 2 N–H and O–H groups in total. The van der Waals surface area contributed by atoms with E-state index < -0.39 is 17.9 Å². The van der Waals surface area contributed by atoms with Gasteiger partial charge in [0.1, 0.15) is 11.8 Å². The van der Waals surface area contributed by atoms with Crippen LogP contribution in [0.1, 0.15) is 31.1 Å². The molecule has 0 bridgehead atoms. The normalized spacial score (nSPS) is 12.1. The molecule has 0 saturated carbocycles. The molecular formula is C14H18ClNO4. The third kappa shape index (κ3) is 4.13. The molecule has 0 aliphatic carbocycles. The number of nitrogens with one attached hydrogen (secondary N) is 1. The van der Waals surface area contributed by atoms with Crippen LogP contribution in [0.15, 0.2) is 18.2 Å². The van der Waals surface area contributed by atoms with Crippen LogP contribution in [0.4, 0.5) is 0 Å². The lowest BCUT2D eigenvalue weighted by Crippen LogP contribution is -2.44. The Morgan fingerprint density at radius 3 is 2.55 bits per heavy atom. The molecule has 0 spiro atoms. The number of carboxylic acids is 1. The summed E-state index contributed by atoms with van der Waals surface area (Å²) in [6.07, 6.45) is 0. The fourth-order valence-corrected chi connectivity index (χ4v) is 1.87. The van der Waals surface area contributed by atoms with Gasteiger partial charge in [-0.3, -0.25) is 4.79 Å². The second-order valence-corrected chi connectivity index (χ2v) is 5.04. The van der Waals surface area contributed by atoms with Crippen molar-refractivity contribution in [3.05, 3.63) is 28.8 Å². The Kier molecular flexibility index (Phi) is 5.82. The highest BCUT2D eigenvalue weighted by Gasteiger charge is 2.25. The maximum absolute atomic E-state index is 12.2. The summed E-state index contributed by atoms with van der Waals surface area (Å²) >= 11 is 5.87. The number of ether oxygens (including phenoxy) is 1. The summed E-state index contributed by atoms with van der Waals surface area (Å²) in [5.74, 6) is -1.45. The minimum atomic E-state index is -1.08. The van der Waals surface area contributed by atoms with Crippen LogP contribution in [-0.2, 0) is 4.79 Å². The zero-order chi connectivity index (χ0) is 15.3. The summed E-state index contributed by atoms with van der Waals surface area (Å²) in [6.45, 7) is 5.64. The number of carboxylic acid groups (broad SMARTS) is 1. The lowest BCUT2D eigenvalue weighted by atomic mass is 10.0. The van der Waals surface area contributed by atoms with Gasteiger partial charge in [-0.1, -0.05) is 25.4 Å². The summed E-state index contributed by atoms with van der Waals surface area (Å²) in [5, 5.41) is 12.0. The van der Waals surface area contributed by atoms with Crippen molar-refractivity contribution in [1.82, 2.24) is 5.32 Å². The second-order valence-electron chi connectivity index (χ2n) is 4.61. The van der Waals surface area contributed by atoms with Gasteiger partial charge in [-0.15, -0.1) is 0 Å². The van der Waals surface area contributed by atoms with Gasteiger partial charge in [0, 0.05) is 5.02 Å². The van der Waals surface area contributed by atoms with Crippen LogP contribution >= 0.6 is 11.6 Å². The van der Waals surface area contributed by atoms with E-state index in [1.807, 2.05) is 0 Å². The highest BCUT2D eigenvalue weighted by Crippen LogP contribution is 2.23. The van der Waals surface area contributed by atoms with Crippen LogP contribution < -0.4 is 10.1 Å². The molecule has 0 aliphatic rings. The van der Waals surface area contributed by atoms with Crippen LogP contribution in [-0.4, -0.2) is 29.6 Å². The monoisotopic (exact) mass is 299 g/mol. The number of rotatable bonds is 6. The number of hydrogen-bond acceptors (Lipinski definition) is 3. The number of hydrogen-bond donors (Lipinski definition) is 2. The maximum Gasteiger partial charge on any atom is 0.326 e. The Hall–Kier alpha value is -1.75. The molecule has 1 amide bonds. The predicted octanol–water partition coefficient (Wildman–Crippen LogP) is 2.58. The molecule has 20 heavy (non-hydrogen) atoms. The third-order valence-electron chi connectivity index (χ3n) is 2.71. The average molecular weight is 300 g/mol. The van der Waals surface area contributed by atoms with E-state index >= 15 is 0 Å². The minimum absolute atomic E-state index is 0.228. The van der Waals surface area contributed by atoms with Gasteiger partial charge in [-0.05, 0) is 31.0 Å². The fraction of sp³-hybridized carbons (Fsp3) is 0.429. The number of benzene rings is 1. The average Bonchev–Trinajstić information content (AvgIpc) is 2.37. The first-order chi connectivity index (χ1) is 9.36. The van der Waals surface area contributed by atoms with E-state index in [0.717, 1.165) is 0 Å². The summed E-state index contributed by atoms with van der Waals surface area (Å²) in [5.41, 5.74) is 0.228. The van der Waals surface area contributed by atoms with Gasteiger partial charge in [-0.2, -0.15) is 0 Å². The molecule has 5 nitrogen and oxygen atoms in total. The number of halogens is 1. The van der Waals surface area contributed by atoms with Crippen molar-refractivity contribution < 1.29 is 19.4 Å². The first kappa shape index (κ1) is 16.3. The number of carbonyl (C=O) groups is 2. The topological polar surface area (TPSA) is 75.6 Å². The molecule has 6 heteroatoms. The van der Waals surface area contributed by atoms with E-state index in [1.54, 1.807) is 32.9 Å². The van der Waals surface area contributed by atoms with Crippen molar-refractivity contribution in [3.63, 3.8) is 0 Å². The molecular weight excluding hydrogens is 282 g/mol. The van der Waals surface area contributed by atoms with E-state index in [2.05, 4.69) is 5.32 Å². The third-order valence-corrected chi connectivity index (χ3v) is 2.94. The quantitative estimate of drug-likeness (QED) is 0.846. The van der Waals surface area contributed by atoms with Gasteiger partial charge in [0.25, 0.3) is 5.91 Å². The van der Waals surface area contributed by atoms with E-state index in [1.165, 1.54) is 6.07 Å². The van der Waals surface area contributed by atoms with Crippen molar-refractivity contribution in [2.24, 2.45) is 5.92 Å². The van der Waals surface area contributed by atoms with Gasteiger partial charge in [-0.25, -0.2) is 4.79 Å². The van der Waals surface area contributed by atoms with E-state index in [0.29, 0.717) is 17.4 Å². The largest absolute Gasteiger partial charge is 0.493 e. The highest BCUT2D eigenvalue weighted by atomic mass is 35.5. The smallest absolute Gasteiger partial charge is 0.326 e. The highest BCUT2D eigenvalue weighted by molar-refractivity contribution is 6.31. The Morgan fingerprint density at radius 1 is 1.40 bits per heavy atom. The van der Waals surface area contributed by atoms with Gasteiger partial charge < -0.3 is 15.2 Å². The Bertz CT molecular complexity index is 502. The molecule has 1 unspecified atom stereocenters. The van der Waals surface area contributed by atoms with Gasteiger partial charge in [0.05, 0.1) is 12.2 Å². The zero-order valence-electron chi connectivity index (χ0n) is 11.6. The molecule has 1 atom stereocenters. The van der Waals surface area contributed by atoms with Gasteiger partial charge in [0.15, 0.2) is 0 Å². The molecule has 1 aromatic carbocycles. The van der Waals surface area contributed by atoms with Crippen LogP contribution in [0.25, 0.3) is 0 Å². The molecule has 0 aromatic heterocycles. The lowest BCUT2D eigenvalue weighted by Gasteiger charge is -2.19. The molecule has 0 aliphatic heterocycles. The first-order valence-electron chi connectivity index (χ1n) is 6.32. The summed E-state index contributed by atoms with van der Waals surface area (Å²) in [7, 11) is 0. The molecule has 1 aromatic rings. The molecule has 110 valence electrons. The molecule has 0 heterocycles. The van der Waals surface area contributed by atoms with Crippen LogP contribution in [0.5, 0.6) is 5.75 Å². The summed E-state index contributed by atoms with van der Waals surface area (Å²) in [4.78, 5) is 23.3. The van der Waals surface area contributed by atoms with Crippen molar-refractivity contribution in [2.75, 3.05) is 6.61 Å². The Balaban J connectivity index is 3.01. The number of amides is 1. The summed E-state index contributed by atoms with van der Waals surface area (Å²) in [6, 6.07) is 3.70. The van der Waals surface area contributed by atoms with Crippen LogP contribution in [0.2, 0.25) is 5.02 Å². The zero-order valence-corrected chi connectivity index (χ0v) is 12.4. The second kappa shape index (κ2) is 7.14. The molecule has 0 radical (unpaired) electrons. The SMILES string of the molecule is CCOc1ccc(Cl)cc1C(=O)NC(C(=O)O)C(C)C. The lowest BCUT2D eigenvalue weighted by molar-refractivity contribution is -0.140. The standard InChI is InChI=1S/C14H18ClNO4/c1-4-20-11-6-5-9(15)7-10(11)13(17)16-12(8(2)3)14(18)19/h5-8,12H,4H2,1-3H3,(H,16,17)(H,18,19). The Morgan fingerprint density at radius 2 is 2.05 bits per heavy atom. The van der Waals surface area contributed by atoms with Crippen molar-refractivity contribution in [1.29, 1.82) is 0 Å². The first-order valence-corrected chi connectivity index (χ1v) is 6.70. The van der Waals surface area contributed by atoms with Gasteiger partial charge in [0.2, 0.25) is 0 Å². The Labute approximate surface area is 122 Å². The van der Waals surface area contributed by atoms with Crippen molar-refractivity contribution >= 4 is 23.5 Å². The minimum Gasteiger partial charge on any atom is -0.493 e. The van der Waals surface area contributed by atoms with Crippen molar-refractivity contribution in [2.45, 2.75) is 26.8 Å². The summed E-state index contributed by atoms with van der Waals surface area (Å²) < 4.78 is 5.35. The number of carbonyl (C=O) groups excluding carboxylic acids is 1.